The Morgan fingerprint density at radius 2 is 1.67 bits per heavy atom. The van der Waals surface area contributed by atoms with Gasteiger partial charge in [-0.15, -0.1) is 6.42 Å². The van der Waals surface area contributed by atoms with Crippen molar-refractivity contribution in [1.82, 2.24) is 19.5 Å². The molecule has 0 aromatic carbocycles. The fraction of sp³-hybridized carbons (Fsp3) is 0.613. The molecule has 2 aromatic rings. The van der Waals surface area contributed by atoms with Crippen LogP contribution in [-0.4, -0.2) is 92.2 Å². The van der Waals surface area contributed by atoms with Gasteiger partial charge in [0.15, 0.2) is 35.1 Å². The number of amides is 2. The molecule has 0 saturated carbocycles. The van der Waals surface area contributed by atoms with Gasteiger partial charge in [-0.3, -0.25) is 14.2 Å². The average Bonchev–Trinajstić information content (AvgIpc) is 3.45. The summed E-state index contributed by atoms with van der Waals surface area (Å²) in [7, 11) is 0. The highest BCUT2D eigenvalue weighted by Gasteiger charge is 2.56. The van der Waals surface area contributed by atoms with E-state index in [4.69, 9.17) is 46.4 Å². The summed E-state index contributed by atoms with van der Waals surface area (Å²) < 4.78 is 34.8. The minimum Gasteiger partial charge on any atom is -0.464 e. The number of aromatic nitrogens is 4. The maximum Gasteiger partial charge on any atom is 0.425 e. The Bertz CT molecular complexity index is 1600. The number of anilines is 1. The predicted molar refractivity (Wildman–Crippen MR) is 169 cm³/mol. The number of hydrogen-bond acceptors (Lipinski definition) is 14. The molecule has 16 nitrogen and oxygen atoms in total. The van der Waals surface area contributed by atoms with Gasteiger partial charge >= 0.3 is 24.1 Å². The molecule has 0 spiro atoms. The van der Waals surface area contributed by atoms with E-state index < -0.39 is 83.0 Å². The number of fused-ring (bicyclic) bond motifs is 1. The number of carbonyl (C=O) groups excluding carboxylic acids is 5. The number of imide groups is 1. The van der Waals surface area contributed by atoms with Crippen LogP contribution in [0.4, 0.5) is 15.4 Å². The third-order valence-electron chi connectivity index (χ3n) is 6.72. The van der Waals surface area contributed by atoms with E-state index >= 15 is 0 Å². The zero-order valence-corrected chi connectivity index (χ0v) is 29.2. The third-order valence-corrected chi connectivity index (χ3v) is 6.89. The molecule has 262 valence electrons. The second-order valence-electron chi connectivity index (χ2n) is 13.0. The highest BCUT2D eigenvalue weighted by atomic mass is 35.5. The quantitative estimate of drug-likeness (QED) is 0.120. The summed E-state index contributed by atoms with van der Waals surface area (Å²) in [6.45, 7) is 14.8. The van der Waals surface area contributed by atoms with Gasteiger partial charge in [-0.25, -0.2) is 19.4 Å². The van der Waals surface area contributed by atoms with Crippen LogP contribution in [-0.2, 0) is 42.8 Å². The second kappa shape index (κ2) is 14.4. The number of rotatable bonds is 9. The van der Waals surface area contributed by atoms with Gasteiger partial charge in [-0.05, 0) is 73.9 Å². The topological polar surface area (TPSA) is 188 Å². The highest BCUT2D eigenvalue weighted by molar-refractivity contribution is 6.29. The molecule has 1 unspecified atom stereocenters. The van der Waals surface area contributed by atoms with Crippen molar-refractivity contribution in [3.63, 3.8) is 0 Å². The molecule has 1 aliphatic heterocycles. The van der Waals surface area contributed by atoms with E-state index in [1.54, 1.807) is 55.4 Å². The average molecular weight is 694 g/mol. The lowest BCUT2D eigenvalue weighted by molar-refractivity contribution is -0.165. The maximum absolute atomic E-state index is 13.4. The number of nitrogens with zero attached hydrogens (tertiary/aromatic N) is 5. The van der Waals surface area contributed by atoms with Crippen molar-refractivity contribution in [2.24, 2.45) is 5.41 Å². The molecule has 48 heavy (non-hydrogen) atoms. The largest absolute Gasteiger partial charge is 0.464 e. The molecule has 5 atom stereocenters. The van der Waals surface area contributed by atoms with Crippen LogP contribution in [0.3, 0.4) is 0 Å². The number of ketones is 1. The zero-order chi connectivity index (χ0) is 36.4. The Balaban J connectivity index is 2.16. The first kappa shape index (κ1) is 38.1. The normalized spacial score (nSPS) is 21.6. The number of halogens is 1. The van der Waals surface area contributed by atoms with Gasteiger partial charge in [0, 0.05) is 6.92 Å². The number of hydrogen-bond donors (Lipinski definition) is 0. The van der Waals surface area contributed by atoms with Gasteiger partial charge in [-0.2, -0.15) is 14.9 Å². The molecule has 3 heterocycles. The number of Topliss-reactive ketones (excluding diaryl/α,β-unsaturated/α-hetero) is 1. The van der Waals surface area contributed by atoms with Crippen LogP contribution in [0.2, 0.25) is 5.28 Å². The van der Waals surface area contributed by atoms with Crippen LogP contribution in [0.1, 0.15) is 75.5 Å². The smallest absolute Gasteiger partial charge is 0.425 e. The van der Waals surface area contributed by atoms with E-state index in [0.29, 0.717) is 4.90 Å². The van der Waals surface area contributed by atoms with E-state index in [0.717, 1.165) is 0 Å². The van der Waals surface area contributed by atoms with Crippen molar-refractivity contribution in [2.45, 2.75) is 105 Å². The lowest BCUT2D eigenvalue weighted by Gasteiger charge is -2.30. The van der Waals surface area contributed by atoms with Crippen molar-refractivity contribution in [3.8, 4) is 12.3 Å². The molecule has 17 heteroatoms. The van der Waals surface area contributed by atoms with Crippen molar-refractivity contribution >= 4 is 58.5 Å². The summed E-state index contributed by atoms with van der Waals surface area (Å²) in [4.78, 5) is 76.9. The Kier molecular flexibility index (Phi) is 11.5. The summed E-state index contributed by atoms with van der Waals surface area (Å²) in [5.41, 5.74) is -3.61. The molecule has 1 fully saturated rings. The Morgan fingerprint density at radius 3 is 2.15 bits per heavy atom. The number of esters is 2. The van der Waals surface area contributed by atoms with Gasteiger partial charge in [0.2, 0.25) is 11.4 Å². The standard InChI is InChI=1S/C31H40ClN5O11/c1-12-31(11)18(14-44-20(16(3)38)25(40)43-13-2)46-24(21(31)45-17(4)39)36-15-33-19-22(36)34-26(32)35-23(19)37(27(41)47-29(5,6)7)28(42)48-30(8,9)10/h1,15,18,20-21,24H,13-14H2,2-11H3/t18-,20?,21+,24-,31+/m1/s1. The second-order valence-corrected chi connectivity index (χ2v) is 13.3. The molecule has 0 aliphatic carbocycles. The summed E-state index contributed by atoms with van der Waals surface area (Å²) in [6, 6.07) is 0. The van der Waals surface area contributed by atoms with Gasteiger partial charge < -0.3 is 28.4 Å². The first-order valence-electron chi connectivity index (χ1n) is 14.9. The van der Waals surface area contributed by atoms with Gasteiger partial charge in [0.25, 0.3) is 0 Å². The Hall–Kier alpha value is -4.33. The van der Waals surface area contributed by atoms with E-state index in [1.165, 1.54) is 24.7 Å². The van der Waals surface area contributed by atoms with Gasteiger partial charge in [0.1, 0.15) is 17.3 Å². The van der Waals surface area contributed by atoms with Gasteiger partial charge in [0.05, 0.1) is 25.0 Å². The Labute approximate surface area is 282 Å². The van der Waals surface area contributed by atoms with Crippen LogP contribution in [0, 0.1) is 17.8 Å². The van der Waals surface area contributed by atoms with E-state index in [1.807, 2.05) is 0 Å². The van der Waals surface area contributed by atoms with Crippen LogP contribution in [0.15, 0.2) is 6.33 Å². The summed E-state index contributed by atoms with van der Waals surface area (Å²) in [5, 5.41) is -0.406. The van der Waals surface area contributed by atoms with Crippen molar-refractivity contribution < 1.29 is 52.4 Å². The molecule has 1 aliphatic rings. The summed E-state index contributed by atoms with van der Waals surface area (Å²) in [5.74, 6) is 0.0265. The SMILES string of the molecule is C#C[C@@]1(C)[C@@H](COC(C(C)=O)C(=O)OCC)O[C@@H](n2cnc3c(N(C(=O)OC(C)(C)C)C(=O)OC(C)(C)C)nc(Cl)nc32)[C@@H]1OC(C)=O. The molecule has 0 N–H and O–H groups in total. The third kappa shape index (κ3) is 8.57. The number of ether oxygens (including phenoxy) is 6. The predicted octanol–water partition coefficient (Wildman–Crippen LogP) is 4.16. The fourth-order valence-corrected chi connectivity index (χ4v) is 4.81. The highest BCUT2D eigenvalue weighted by Crippen LogP contribution is 2.46. The monoisotopic (exact) mass is 693 g/mol. The van der Waals surface area contributed by atoms with E-state index in [9.17, 15) is 24.0 Å². The molecule has 1 saturated heterocycles. The number of terminal acetylenes is 1. The van der Waals surface area contributed by atoms with Crippen molar-refractivity contribution in [3.05, 3.63) is 11.6 Å². The summed E-state index contributed by atoms with van der Waals surface area (Å²) >= 11 is 6.33. The van der Waals surface area contributed by atoms with Crippen LogP contribution >= 0.6 is 11.6 Å². The molecular weight excluding hydrogens is 654 g/mol. The van der Waals surface area contributed by atoms with Gasteiger partial charge in [-0.1, -0.05) is 5.92 Å². The fourth-order valence-electron chi connectivity index (χ4n) is 4.65. The van der Waals surface area contributed by atoms with Crippen molar-refractivity contribution in [1.29, 1.82) is 0 Å². The van der Waals surface area contributed by atoms with E-state index in [2.05, 4.69) is 20.9 Å². The Morgan fingerprint density at radius 1 is 1.08 bits per heavy atom. The lowest BCUT2D eigenvalue weighted by atomic mass is 9.81. The number of imidazole rings is 1. The van der Waals surface area contributed by atoms with E-state index in [-0.39, 0.29) is 23.6 Å². The molecule has 0 radical (unpaired) electrons. The minimum absolute atomic E-state index is 0.0178. The zero-order valence-electron chi connectivity index (χ0n) is 28.5. The molecule has 2 aromatic heterocycles. The van der Waals surface area contributed by atoms with Crippen LogP contribution in [0.25, 0.3) is 11.2 Å². The molecular formula is C31H40ClN5O11. The molecule has 3 rings (SSSR count). The lowest BCUT2D eigenvalue weighted by Crippen LogP contribution is -2.44. The maximum atomic E-state index is 13.4. The number of carbonyl (C=O) groups is 5. The first-order chi connectivity index (χ1) is 22.1. The summed E-state index contributed by atoms with van der Waals surface area (Å²) in [6.07, 6.45) is -0.143. The molecule has 2 amide bonds. The first-order valence-corrected chi connectivity index (χ1v) is 15.3. The van der Waals surface area contributed by atoms with Crippen LogP contribution < -0.4 is 4.90 Å². The van der Waals surface area contributed by atoms with Crippen LogP contribution in [0.5, 0.6) is 0 Å². The van der Waals surface area contributed by atoms with Crippen molar-refractivity contribution in [2.75, 3.05) is 18.1 Å². The minimum atomic E-state index is -1.56. The molecule has 0 bridgehead atoms.